The van der Waals surface area contributed by atoms with E-state index in [4.69, 9.17) is 20.4 Å². The summed E-state index contributed by atoms with van der Waals surface area (Å²) in [6.07, 6.45) is 0.856. The number of benzene rings is 1. The van der Waals surface area contributed by atoms with Gasteiger partial charge in [-0.3, -0.25) is 19.9 Å². The zero-order valence-corrected chi connectivity index (χ0v) is 19.1. The smallest absolute Gasteiger partial charge is 0.273 e. The third-order valence-corrected chi connectivity index (χ3v) is 5.45. The molecule has 0 aliphatic carbocycles. The zero-order chi connectivity index (χ0) is 23.7. The first-order chi connectivity index (χ1) is 15.2. The normalized spacial score (nSPS) is 12.9. The number of ether oxygens (including phenoxy) is 1. The molecular weight excluding hydrogens is 410 g/mol. The maximum absolute atomic E-state index is 12.8. The number of rotatable bonds is 11. The summed E-state index contributed by atoms with van der Waals surface area (Å²) >= 11 is 0. The second-order valence-corrected chi connectivity index (χ2v) is 8.19. The van der Waals surface area contributed by atoms with Crippen molar-refractivity contribution in [2.45, 2.75) is 46.2 Å². The standard InChI is InChI=1S/C23H33N5O4/c1-15(2)16(3)12-21(29)28(23(24)25)14-18-13-20(27-32-18)22(30)26-19(10-11-31-4)17-8-6-5-7-9-17/h5-9,13,15-16,19H,10-12,14H2,1-4H3,(H3,24,25)(H,26,30). The number of hydrogen-bond acceptors (Lipinski definition) is 6. The Hall–Kier alpha value is -3.20. The summed E-state index contributed by atoms with van der Waals surface area (Å²) in [5.74, 6) is -0.323. The molecule has 0 bridgehead atoms. The van der Waals surface area contributed by atoms with Gasteiger partial charge in [0.05, 0.1) is 12.6 Å². The van der Waals surface area contributed by atoms with Crippen LogP contribution in [0.15, 0.2) is 40.9 Å². The lowest BCUT2D eigenvalue weighted by molar-refractivity contribution is -0.129. The zero-order valence-electron chi connectivity index (χ0n) is 19.1. The van der Waals surface area contributed by atoms with Gasteiger partial charge >= 0.3 is 0 Å². The van der Waals surface area contributed by atoms with Gasteiger partial charge in [0.1, 0.15) is 0 Å². The Morgan fingerprint density at radius 2 is 1.94 bits per heavy atom. The highest BCUT2D eigenvalue weighted by Gasteiger charge is 2.24. The summed E-state index contributed by atoms with van der Waals surface area (Å²) in [6.45, 7) is 6.46. The molecule has 2 rings (SSSR count). The molecule has 0 saturated carbocycles. The predicted octanol–water partition coefficient (Wildman–Crippen LogP) is 3.09. The highest BCUT2D eigenvalue weighted by Crippen LogP contribution is 2.19. The first-order valence-electron chi connectivity index (χ1n) is 10.7. The lowest BCUT2D eigenvalue weighted by atomic mass is 9.94. The Morgan fingerprint density at radius 3 is 2.53 bits per heavy atom. The Bertz CT molecular complexity index is 897. The van der Waals surface area contributed by atoms with Gasteiger partial charge in [-0.25, -0.2) is 0 Å². The van der Waals surface area contributed by atoms with E-state index in [1.54, 1.807) is 7.11 Å². The van der Waals surface area contributed by atoms with Crippen LogP contribution in [0, 0.1) is 17.2 Å². The number of carbonyl (C=O) groups is 2. The quantitative estimate of drug-likeness (QED) is 0.361. The Morgan fingerprint density at radius 1 is 1.25 bits per heavy atom. The molecule has 0 spiro atoms. The summed E-state index contributed by atoms with van der Waals surface area (Å²) in [5, 5.41) is 14.5. The molecule has 4 N–H and O–H groups in total. The number of hydrogen-bond donors (Lipinski definition) is 3. The third kappa shape index (κ3) is 7.19. The van der Waals surface area contributed by atoms with Crippen LogP contribution in [0.4, 0.5) is 0 Å². The van der Waals surface area contributed by atoms with Crippen molar-refractivity contribution in [3.63, 3.8) is 0 Å². The van der Waals surface area contributed by atoms with E-state index in [0.29, 0.717) is 18.9 Å². The number of guanidine groups is 1. The van der Waals surface area contributed by atoms with Crippen molar-refractivity contribution in [2.24, 2.45) is 17.6 Å². The van der Waals surface area contributed by atoms with Crippen molar-refractivity contribution < 1.29 is 18.8 Å². The van der Waals surface area contributed by atoms with Crippen LogP contribution in [-0.4, -0.2) is 41.5 Å². The molecule has 0 fully saturated rings. The molecule has 1 heterocycles. The van der Waals surface area contributed by atoms with Crippen molar-refractivity contribution in [3.05, 3.63) is 53.4 Å². The minimum atomic E-state index is -0.404. The fraction of sp³-hybridized carbons (Fsp3) is 0.478. The average Bonchev–Trinajstić information content (AvgIpc) is 3.24. The molecule has 1 aromatic carbocycles. The van der Waals surface area contributed by atoms with Gasteiger partial charge in [-0.05, 0) is 23.8 Å². The maximum atomic E-state index is 12.8. The van der Waals surface area contributed by atoms with Crippen molar-refractivity contribution >= 4 is 17.8 Å². The fourth-order valence-electron chi connectivity index (χ4n) is 3.05. The SMILES string of the molecule is COCCC(NC(=O)c1cc(CN(C(=N)N)C(=O)CC(C)C(C)C)on1)c1ccccc1. The van der Waals surface area contributed by atoms with E-state index in [1.807, 2.05) is 51.1 Å². The number of methoxy groups -OCH3 is 1. The summed E-state index contributed by atoms with van der Waals surface area (Å²) < 4.78 is 10.4. The van der Waals surface area contributed by atoms with Gasteiger partial charge in [0.2, 0.25) is 5.91 Å². The van der Waals surface area contributed by atoms with E-state index < -0.39 is 5.91 Å². The first-order valence-corrected chi connectivity index (χ1v) is 10.7. The molecule has 32 heavy (non-hydrogen) atoms. The number of nitrogens with two attached hydrogens (primary N) is 1. The van der Waals surface area contributed by atoms with Crippen LogP contribution < -0.4 is 11.1 Å². The van der Waals surface area contributed by atoms with E-state index in [-0.39, 0.29) is 48.2 Å². The monoisotopic (exact) mass is 443 g/mol. The van der Waals surface area contributed by atoms with Crippen LogP contribution in [0.3, 0.4) is 0 Å². The molecule has 2 amide bonds. The molecule has 2 aromatic rings. The maximum Gasteiger partial charge on any atom is 0.273 e. The van der Waals surface area contributed by atoms with E-state index in [0.717, 1.165) is 10.5 Å². The van der Waals surface area contributed by atoms with Crippen LogP contribution in [-0.2, 0) is 16.1 Å². The highest BCUT2D eigenvalue weighted by atomic mass is 16.5. The van der Waals surface area contributed by atoms with Gasteiger partial charge < -0.3 is 20.3 Å². The minimum Gasteiger partial charge on any atom is -0.385 e. The summed E-state index contributed by atoms with van der Waals surface area (Å²) in [7, 11) is 1.61. The second kappa shape index (κ2) is 12.0. The number of amides is 2. The second-order valence-electron chi connectivity index (χ2n) is 8.19. The summed E-state index contributed by atoms with van der Waals surface area (Å²) in [5.41, 5.74) is 6.66. The van der Waals surface area contributed by atoms with Crippen LogP contribution in [0.1, 0.15) is 61.5 Å². The van der Waals surface area contributed by atoms with Crippen LogP contribution >= 0.6 is 0 Å². The average molecular weight is 444 g/mol. The number of aromatic nitrogens is 1. The molecule has 2 atom stereocenters. The number of nitrogens with zero attached hydrogens (tertiary/aromatic N) is 2. The molecule has 0 saturated heterocycles. The number of nitrogens with one attached hydrogen (secondary N) is 2. The molecule has 0 radical (unpaired) electrons. The van der Waals surface area contributed by atoms with Gasteiger partial charge in [0.15, 0.2) is 17.4 Å². The van der Waals surface area contributed by atoms with Gasteiger partial charge in [-0.1, -0.05) is 56.3 Å². The van der Waals surface area contributed by atoms with Crippen LogP contribution in [0.2, 0.25) is 0 Å². The minimum absolute atomic E-state index is 0.0644. The van der Waals surface area contributed by atoms with Crippen LogP contribution in [0.25, 0.3) is 0 Å². The Labute approximate surface area is 188 Å². The van der Waals surface area contributed by atoms with E-state index in [2.05, 4.69) is 10.5 Å². The summed E-state index contributed by atoms with van der Waals surface area (Å²) in [6, 6.07) is 10.8. The molecular formula is C23H33N5O4. The van der Waals surface area contributed by atoms with Gasteiger partial charge in [-0.2, -0.15) is 0 Å². The molecule has 0 aliphatic rings. The first kappa shape index (κ1) is 25.1. The molecule has 174 valence electrons. The van der Waals surface area contributed by atoms with E-state index >= 15 is 0 Å². The Kier molecular flexibility index (Phi) is 9.39. The molecule has 9 heteroatoms. The van der Waals surface area contributed by atoms with Gasteiger partial charge in [0.25, 0.3) is 5.91 Å². The lowest BCUT2D eigenvalue weighted by Gasteiger charge is -2.22. The van der Waals surface area contributed by atoms with E-state index in [9.17, 15) is 9.59 Å². The molecule has 1 aromatic heterocycles. The third-order valence-electron chi connectivity index (χ3n) is 5.45. The molecule has 9 nitrogen and oxygen atoms in total. The lowest BCUT2D eigenvalue weighted by Crippen LogP contribution is -2.41. The van der Waals surface area contributed by atoms with Gasteiger partial charge in [-0.15, -0.1) is 0 Å². The number of carbonyl (C=O) groups excluding carboxylic acids is 2. The van der Waals surface area contributed by atoms with Gasteiger partial charge in [0, 0.05) is 26.2 Å². The van der Waals surface area contributed by atoms with Crippen molar-refractivity contribution in [2.75, 3.05) is 13.7 Å². The largest absolute Gasteiger partial charge is 0.385 e. The fourth-order valence-corrected chi connectivity index (χ4v) is 3.05. The van der Waals surface area contributed by atoms with E-state index in [1.165, 1.54) is 6.07 Å². The van der Waals surface area contributed by atoms with Crippen LogP contribution in [0.5, 0.6) is 0 Å². The summed E-state index contributed by atoms with van der Waals surface area (Å²) in [4.78, 5) is 26.5. The predicted molar refractivity (Wildman–Crippen MR) is 121 cm³/mol. The molecule has 0 aliphatic heterocycles. The Balaban J connectivity index is 2.08. The highest BCUT2D eigenvalue weighted by molar-refractivity contribution is 5.95. The molecule has 2 unspecified atom stereocenters. The van der Waals surface area contributed by atoms with Crippen molar-refractivity contribution in [1.29, 1.82) is 5.41 Å². The van der Waals surface area contributed by atoms with Crippen molar-refractivity contribution in [1.82, 2.24) is 15.4 Å². The van der Waals surface area contributed by atoms with Crippen molar-refractivity contribution in [3.8, 4) is 0 Å². The topological polar surface area (TPSA) is 135 Å².